The number of hydrogen-bond acceptors (Lipinski definition) is 8. The lowest BCUT2D eigenvalue weighted by atomic mass is 10.2. The number of carbonyl (C=O) groups excluding carboxylic acids is 1. The van der Waals surface area contributed by atoms with Gasteiger partial charge in [-0.3, -0.25) is 19.5 Å². The van der Waals surface area contributed by atoms with E-state index >= 15 is 0 Å². The fraction of sp³-hybridized carbons (Fsp3) is 0.125. The van der Waals surface area contributed by atoms with Gasteiger partial charge >= 0.3 is 5.97 Å². The number of aromatic nitrogens is 3. The minimum Gasteiger partial charge on any atom is -0.465 e. The van der Waals surface area contributed by atoms with Crippen molar-refractivity contribution in [1.82, 2.24) is 14.7 Å². The third kappa shape index (κ3) is 3.85. The van der Waals surface area contributed by atoms with Crippen LogP contribution in [0.3, 0.4) is 0 Å². The van der Waals surface area contributed by atoms with Crippen LogP contribution in [0.4, 0.5) is 5.69 Å². The first-order valence-electron chi connectivity index (χ1n) is 7.44. The molecule has 0 amide bonds. The molecule has 27 heavy (non-hydrogen) atoms. The van der Waals surface area contributed by atoms with Crippen molar-refractivity contribution in [2.75, 3.05) is 7.11 Å². The molecular weight excluding hydrogens is 380 g/mol. The maximum atomic E-state index is 12.4. The van der Waals surface area contributed by atoms with Crippen molar-refractivity contribution in [3.63, 3.8) is 0 Å². The largest absolute Gasteiger partial charge is 0.465 e. The molecule has 0 N–H and O–H groups in total. The van der Waals surface area contributed by atoms with Crippen molar-refractivity contribution in [2.24, 2.45) is 0 Å². The number of hydrogen-bond donors (Lipinski definition) is 0. The van der Waals surface area contributed by atoms with E-state index in [0.717, 1.165) is 23.9 Å². The SMILES string of the molecule is COC(=O)c1cc([N+](=O)[O-])cn(Cc2nc(-c3cccc(Cl)c3)no2)c1=O. The van der Waals surface area contributed by atoms with E-state index in [2.05, 4.69) is 14.9 Å². The van der Waals surface area contributed by atoms with Gasteiger partial charge in [0.1, 0.15) is 12.1 Å². The van der Waals surface area contributed by atoms with Gasteiger partial charge < -0.3 is 9.26 Å². The first-order valence-corrected chi connectivity index (χ1v) is 7.82. The molecule has 0 saturated heterocycles. The molecule has 0 aliphatic rings. The Morgan fingerprint density at radius 2 is 2.19 bits per heavy atom. The van der Waals surface area contributed by atoms with Crippen molar-refractivity contribution < 1.29 is 19.0 Å². The normalized spacial score (nSPS) is 10.6. The summed E-state index contributed by atoms with van der Waals surface area (Å²) in [5.74, 6) is -0.731. The summed E-state index contributed by atoms with van der Waals surface area (Å²) in [7, 11) is 1.07. The van der Waals surface area contributed by atoms with Gasteiger partial charge in [-0.25, -0.2) is 4.79 Å². The number of esters is 1. The predicted molar refractivity (Wildman–Crippen MR) is 92.5 cm³/mol. The predicted octanol–water partition coefficient (Wildman–Crippen LogP) is 2.29. The van der Waals surface area contributed by atoms with Crippen molar-refractivity contribution in [1.29, 1.82) is 0 Å². The Balaban J connectivity index is 1.98. The summed E-state index contributed by atoms with van der Waals surface area (Å²) < 4.78 is 10.5. The Morgan fingerprint density at radius 3 is 2.85 bits per heavy atom. The number of pyridine rings is 1. The fourth-order valence-corrected chi connectivity index (χ4v) is 2.49. The van der Waals surface area contributed by atoms with Gasteiger partial charge in [-0.1, -0.05) is 28.9 Å². The van der Waals surface area contributed by atoms with Crippen molar-refractivity contribution in [3.8, 4) is 11.4 Å². The monoisotopic (exact) mass is 390 g/mol. The van der Waals surface area contributed by atoms with Crippen LogP contribution in [0.1, 0.15) is 16.2 Å². The molecule has 138 valence electrons. The second-order valence-electron chi connectivity index (χ2n) is 5.32. The first kappa shape index (κ1) is 18.3. The van der Waals surface area contributed by atoms with Crippen LogP contribution < -0.4 is 5.56 Å². The highest BCUT2D eigenvalue weighted by Gasteiger charge is 2.21. The Hall–Kier alpha value is -3.53. The Morgan fingerprint density at radius 1 is 1.41 bits per heavy atom. The van der Waals surface area contributed by atoms with Crippen LogP contribution in [-0.4, -0.2) is 32.7 Å². The minimum absolute atomic E-state index is 0.0170. The van der Waals surface area contributed by atoms with Crippen molar-refractivity contribution in [2.45, 2.75) is 6.54 Å². The molecule has 2 aromatic heterocycles. The second-order valence-corrected chi connectivity index (χ2v) is 5.75. The van der Waals surface area contributed by atoms with Crippen LogP contribution in [-0.2, 0) is 11.3 Å². The van der Waals surface area contributed by atoms with Gasteiger partial charge in [0.2, 0.25) is 11.7 Å². The molecule has 3 aromatic rings. The van der Waals surface area contributed by atoms with E-state index in [-0.39, 0.29) is 18.3 Å². The highest BCUT2D eigenvalue weighted by molar-refractivity contribution is 6.30. The van der Waals surface area contributed by atoms with Crippen molar-refractivity contribution in [3.05, 3.63) is 73.5 Å². The molecule has 11 heteroatoms. The molecule has 0 aliphatic heterocycles. The molecule has 0 fully saturated rings. The van der Waals surface area contributed by atoms with Gasteiger partial charge in [-0.05, 0) is 12.1 Å². The van der Waals surface area contributed by atoms with E-state index < -0.39 is 27.7 Å². The molecule has 3 rings (SSSR count). The molecule has 10 nitrogen and oxygen atoms in total. The molecule has 0 saturated carbocycles. The van der Waals surface area contributed by atoms with Gasteiger partial charge in [0, 0.05) is 16.7 Å². The van der Waals surface area contributed by atoms with Gasteiger partial charge in [0.25, 0.3) is 11.2 Å². The average Bonchev–Trinajstić information content (AvgIpc) is 3.11. The molecule has 2 heterocycles. The highest BCUT2D eigenvalue weighted by atomic mass is 35.5. The van der Waals surface area contributed by atoms with Crippen LogP contribution in [0.25, 0.3) is 11.4 Å². The number of nitrogens with zero attached hydrogens (tertiary/aromatic N) is 4. The molecule has 0 radical (unpaired) electrons. The van der Waals surface area contributed by atoms with E-state index in [1.807, 2.05) is 0 Å². The molecule has 0 aliphatic carbocycles. The zero-order chi connectivity index (χ0) is 19.6. The van der Waals surface area contributed by atoms with Gasteiger partial charge in [-0.2, -0.15) is 4.98 Å². The number of carbonyl (C=O) groups is 1. The Labute approximate surface area is 156 Å². The number of halogens is 1. The molecule has 0 atom stereocenters. The van der Waals surface area contributed by atoms with Gasteiger partial charge in [-0.15, -0.1) is 0 Å². The molecule has 0 spiro atoms. The van der Waals surface area contributed by atoms with Crippen LogP contribution >= 0.6 is 11.6 Å². The maximum absolute atomic E-state index is 12.4. The molecule has 0 bridgehead atoms. The highest BCUT2D eigenvalue weighted by Crippen LogP contribution is 2.20. The minimum atomic E-state index is -0.984. The van der Waals surface area contributed by atoms with Crippen LogP contribution in [0.2, 0.25) is 5.02 Å². The zero-order valence-corrected chi connectivity index (χ0v) is 14.5. The Kier molecular flexibility index (Phi) is 4.99. The number of rotatable bonds is 5. The summed E-state index contributed by atoms with van der Waals surface area (Å²) in [6, 6.07) is 7.60. The van der Waals surface area contributed by atoms with Gasteiger partial charge in [0.15, 0.2) is 0 Å². The lowest BCUT2D eigenvalue weighted by Crippen LogP contribution is -2.27. The van der Waals surface area contributed by atoms with E-state index in [4.69, 9.17) is 16.1 Å². The summed E-state index contributed by atoms with van der Waals surface area (Å²) in [5.41, 5.74) is -1.11. The number of nitro groups is 1. The summed E-state index contributed by atoms with van der Waals surface area (Å²) in [6.07, 6.45) is 0.984. The van der Waals surface area contributed by atoms with E-state index in [1.165, 1.54) is 0 Å². The lowest BCUT2D eigenvalue weighted by molar-refractivity contribution is -0.385. The summed E-state index contributed by atoms with van der Waals surface area (Å²) in [6.45, 7) is -0.266. The third-order valence-electron chi connectivity index (χ3n) is 3.54. The first-order chi connectivity index (χ1) is 12.9. The molecular formula is C16H11ClN4O6. The number of ether oxygens (including phenoxy) is 1. The summed E-state index contributed by atoms with van der Waals surface area (Å²) in [5, 5.41) is 15.4. The smallest absolute Gasteiger partial charge is 0.343 e. The zero-order valence-electron chi connectivity index (χ0n) is 13.8. The topological polar surface area (TPSA) is 130 Å². The number of benzene rings is 1. The standard InChI is InChI=1S/C16H11ClN4O6/c1-26-16(23)12-6-11(21(24)25)7-20(15(12)22)8-13-18-14(19-27-13)9-3-2-4-10(17)5-9/h2-7H,8H2,1H3. The summed E-state index contributed by atoms with van der Waals surface area (Å²) >= 11 is 5.92. The number of methoxy groups -OCH3 is 1. The lowest BCUT2D eigenvalue weighted by Gasteiger charge is -2.05. The van der Waals surface area contributed by atoms with E-state index in [0.29, 0.717) is 10.6 Å². The summed E-state index contributed by atoms with van der Waals surface area (Å²) in [4.78, 5) is 38.6. The van der Waals surface area contributed by atoms with E-state index in [1.54, 1.807) is 24.3 Å². The van der Waals surface area contributed by atoms with Gasteiger partial charge in [0.05, 0.1) is 18.2 Å². The molecule has 1 aromatic carbocycles. The van der Waals surface area contributed by atoms with Crippen LogP contribution in [0.15, 0.2) is 45.8 Å². The van der Waals surface area contributed by atoms with E-state index in [9.17, 15) is 19.7 Å². The maximum Gasteiger partial charge on any atom is 0.343 e. The molecule has 0 unspecified atom stereocenters. The second kappa shape index (κ2) is 7.38. The fourth-order valence-electron chi connectivity index (χ4n) is 2.30. The quantitative estimate of drug-likeness (QED) is 0.368. The van der Waals surface area contributed by atoms with Crippen LogP contribution in [0.5, 0.6) is 0 Å². The van der Waals surface area contributed by atoms with Crippen LogP contribution in [0, 0.1) is 10.1 Å². The third-order valence-corrected chi connectivity index (χ3v) is 3.78. The average molecular weight is 391 g/mol. The van der Waals surface area contributed by atoms with Crippen molar-refractivity contribution >= 4 is 23.3 Å². The Bertz CT molecular complexity index is 1090.